The van der Waals surface area contributed by atoms with Crippen LogP contribution in [0, 0.1) is 0 Å². The van der Waals surface area contributed by atoms with Crippen molar-refractivity contribution < 1.29 is 9.59 Å². The summed E-state index contributed by atoms with van der Waals surface area (Å²) in [5, 5.41) is 2.51. The van der Waals surface area contributed by atoms with Crippen LogP contribution in [0.5, 0.6) is 0 Å². The van der Waals surface area contributed by atoms with Gasteiger partial charge in [-0.15, -0.1) is 0 Å². The molecule has 1 N–H and O–H groups in total. The number of likely N-dealkylation sites (N-methyl/N-ethyl adjacent to an activating group) is 2. The van der Waals surface area contributed by atoms with Gasteiger partial charge >= 0.3 is 0 Å². The van der Waals surface area contributed by atoms with Crippen molar-refractivity contribution in [1.82, 2.24) is 14.8 Å². The average Bonchev–Trinajstić information content (AvgIpc) is 3.11. The van der Waals surface area contributed by atoms with E-state index in [0.717, 1.165) is 17.3 Å². The van der Waals surface area contributed by atoms with Gasteiger partial charge in [0.15, 0.2) is 0 Å². The lowest BCUT2D eigenvalue weighted by molar-refractivity contribution is -0.121. The highest BCUT2D eigenvalue weighted by molar-refractivity contribution is 9.10. The first-order valence-electron chi connectivity index (χ1n) is 5.86. The Morgan fingerprint density at radius 1 is 1.56 bits per heavy atom. The SMILES string of the molecule is CNC(=O)CN(C)C(=O)c1cc(Br)cn1C1CC1. The average molecular weight is 314 g/mol. The molecule has 1 aromatic rings. The molecule has 5 nitrogen and oxygen atoms in total. The van der Waals surface area contributed by atoms with E-state index in [9.17, 15) is 9.59 Å². The van der Waals surface area contributed by atoms with Crippen molar-refractivity contribution in [3.05, 3.63) is 22.4 Å². The van der Waals surface area contributed by atoms with E-state index in [1.807, 2.05) is 10.8 Å². The summed E-state index contributed by atoms with van der Waals surface area (Å²) >= 11 is 3.39. The summed E-state index contributed by atoms with van der Waals surface area (Å²) in [6.07, 6.45) is 4.15. The minimum absolute atomic E-state index is 0.0722. The van der Waals surface area contributed by atoms with E-state index in [1.165, 1.54) is 4.90 Å². The molecule has 6 heteroatoms. The molecular weight excluding hydrogens is 298 g/mol. The van der Waals surface area contributed by atoms with Gasteiger partial charge in [-0.2, -0.15) is 0 Å². The van der Waals surface area contributed by atoms with Crippen LogP contribution in [0.15, 0.2) is 16.7 Å². The van der Waals surface area contributed by atoms with E-state index >= 15 is 0 Å². The molecule has 2 rings (SSSR count). The van der Waals surface area contributed by atoms with E-state index in [0.29, 0.717) is 11.7 Å². The lowest BCUT2D eigenvalue weighted by Crippen LogP contribution is -2.37. The molecule has 0 unspecified atom stereocenters. The fourth-order valence-corrected chi connectivity index (χ4v) is 2.27. The number of carbonyl (C=O) groups is 2. The molecule has 98 valence electrons. The molecule has 0 radical (unpaired) electrons. The first-order chi connectivity index (χ1) is 8.52. The zero-order chi connectivity index (χ0) is 13.3. The number of hydrogen-bond donors (Lipinski definition) is 1. The molecule has 1 saturated carbocycles. The number of nitrogens with one attached hydrogen (secondary N) is 1. The van der Waals surface area contributed by atoms with Crippen LogP contribution in [-0.4, -0.2) is 41.9 Å². The zero-order valence-electron chi connectivity index (χ0n) is 10.4. The first-order valence-corrected chi connectivity index (χ1v) is 6.65. The van der Waals surface area contributed by atoms with Crippen molar-refractivity contribution in [1.29, 1.82) is 0 Å². The Balaban J connectivity index is 2.15. The van der Waals surface area contributed by atoms with E-state index in [2.05, 4.69) is 21.2 Å². The van der Waals surface area contributed by atoms with Crippen LogP contribution in [0.2, 0.25) is 0 Å². The quantitative estimate of drug-likeness (QED) is 0.913. The second-order valence-electron chi connectivity index (χ2n) is 4.52. The van der Waals surface area contributed by atoms with Crippen LogP contribution < -0.4 is 5.32 Å². The maximum absolute atomic E-state index is 12.3. The van der Waals surface area contributed by atoms with Gasteiger partial charge in [-0.3, -0.25) is 9.59 Å². The Morgan fingerprint density at radius 2 is 2.22 bits per heavy atom. The lowest BCUT2D eigenvalue weighted by Gasteiger charge is -2.17. The molecule has 1 aliphatic carbocycles. The number of halogens is 1. The van der Waals surface area contributed by atoms with Crippen molar-refractivity contribution >= 4 is 27.7 Å². The van der Waals surface area contributed by atoms with Crippen LogP contribution in [0.4, 0.5) is 0 Å². The first kappa shape index (κ1) is 13.1. The molecule has 0 atom stereocenters. The van der Waals surface area contributed by atoms with Gasteiger partial charge in [-0.05, 0) is 34.8 Å². The Hall–Kier alpha value is -1.30. The van der Waals surface area contributed by atoms with Crippen LogP contribution in [0.3, 0.4) is 0 Å². The fourth-order valence-electron chi connectivity index (χ4n) is 1.83. The molecule has 0 saturated heterocycles. The second-order valence-corrected chi connectivity index (χ2v) is 5.43. The van der Waals surface area contributed by atoms with Gasteiger partial charge < -0.3 is 14.8 Å². The van der Waals surface area contributed by atoms with Gasteiger partial charge in [0, 0.05) is 30.8 Å². The predicted octanol–water partition coefficient (Wildman–Crippen LogP) is 1.40. The summed E-state index contributed by atoms with van der Waals surface area (Å²) in [6.45, 7) is 0.0722. The zero-order valence-corrected chi connectivity index (χ0v) is 12.0. The number of hydrogen-bond acceptors (Lipinski definition) is 2. The topological polar surface area (TPSA) is 54.3 Å². The van der Waals surface area contributed by atoms with Gasteiger partial charge in [-0.25, -0.2) is 0 Å². The van der Waals surface area contributed by atoms with Crippen LogP contribution in [0.1, 0.15) is 29.4 Å². The molecule has 1 heterocycles. The largest absolute Gasteiger partial charge is 0.358 e. The highest BCUT2D eigenvalue weighted by Crippen LogP contribution is 2.37. The maximum atomic E-state index is 12.3. The predicted molar refractivity (Wildman–Crippen MR) is 71.4 cm³/mol. The van der Waals surface area contributed by atoms with E-state index in [4.69, 9.17) is 0 Å². The molecule has 18 heavy (non-hydrogen) atoms. The number of aromatic nitrogens is 1. The molecule has 0 aliphatic heterocycles. The van der Waals surface area contributed by atoms with Gasteiger partial charge in [0.1, 0.15) is 5.69 Å². The lowest BCUT2D eigenvalue weighted by atomic mass is 10.3. The van der Waals surface area contributed by atoms with Crippen molar-refractivity contribution in [3.8, 4) is 0 Å². The molecule has 0 spiro atoms. The van der Waals surface area contributed by atoms with Crippen LogP contribution in [0.25, 0.3) is 0 Å². The normalized spacial score (nSPS) is 14.4. The number of rotatable bonds is 4. The Bertz CT molecular complexity index is 480. The smallest absolute Gasteiger partial charge is 0.270 e. The molecule has 1 aromatic heterocycles. The molecule has 1 fully saturated rings. The second kappa shape index (κ2) is 5.14. The summed E-state index contributed by atoms with van der Waals surface area (Å²) < 4.78 is 2.89. The monoisotopic (exact) mass is 313 g/mol. The number of carbonyl (C=O) groups excluding carboxylic acids is 2. The maximum Gasteiger partial charge on any atom is 0.270 e. The highest BCUT2D eigenvalue weighted by Gasteiger charge is 2.29. The van der Waals surface area contributed by atoms with Gasteiger partial charge in [0.05, 0.1) is 6.54 Å². The third-order valence-corrected chi connectivity index (χ3v) is 3.41. The summed E-state index contributed by atoms with van der Waals surface area (Å²) in [5.41, 5.74) is 0.635. The van der Waals surface area contributed by atoms with E-state index in [1.54, 1.807) is 20.2 Å². The highest BCUT2D eigenvalue weighted by atomic mass is 79.9. The van der Waals surface area contributed by atoms with Gasteiger partial charge in [0.25, 0.3) is 5.91 Å². The number of amides is 2. The van der Waals surface area contributed by atoms with Gasteiger partial charge in [0.2, 0.25) is 5.91 Å². The van der Waals surface area contributed by atoms with Crippen molar-refractivity contribution in [3.63, 3.8) is 0 Å². The van der Waals surface area contributed by atoms with Crippen molar-refractivity contribution in [2.75, 3.05) is 20.6 Å². The van der Waals surface area contributed by atoms with Crippen LogP contribution in [-0.2, 0) is 4.79 Å². The minimum atomic E-state index is -0.172. The molecular formula is C12H16BrN3O2. The van der Waals surface area contributed by atoms with E-state index < -0.39 is 0 Å². The van der Waals surface area contributed by atoms with Gasteiger partial charge in [-0.1, -0.05) is 0 Å². The fraction of sp³-hybridized carbons (Fsp3) is 0.500. The third-order valence-electron chi connectivity index (χ3n) is 2.98. The minimum Gasteiger partial charge on any atom is -0.358 e. The Labute approximate surface area is 114 Å². The van der Waals surface area contributed by atoms with Crippen LogP contribution >= 0.6 is 15.9 Å². The standard InChI is InChI=1S/C12H16BrN3O2/c1-14-11(17)7-15(2)12(18)10-5-8(13)6-16(10)9-3-4-9/h5-6,9H,3-4,7H2,1-2H3,(H,14,17). The molecule has 0 aromatic carbocycles. The molecule has 1 aliphatic rings. The van der Waals surface area contributed by atoms with Crippen molar-refractivity contribution in [2.45, 2.75) is 18.9 Å². The Kier molecular flexibility index (Phi) is 3.75. The van der Waals surface area contributed by atoms with Crippen molar-refractivity contribution in [2.24, 2.45) is 0 Å². The summed E-state index contributed by atoms with van der Waals surface area (Å²) in [6, 6.07) is 2.24. The van der Waals surface area contributed by atoms with E-state index in [-0.39, 0.29) is 18.4 Å². The third kappa shape index (κ3) is 2.75. The molecule has 0 bridgehead atoms. The number of nitrogens with zero attached hydrogens (tertiary/aromatic N) is 2. The summed E-state index contributed by atoms with van der Waals surface area (Å²) in [4.78, 5) is 25.0. The summed E-state index contributed by atoms with van der Waals surface area (Å²) in [7, 11) is 3.19. The summed E-state index contributed by atoms with van der Waals surface area (Å²) in [5.74, 6) is -0.300. The molecule has 2 amide bonds. The Morgan fingerprint density at radius 3 is 2.78 bits per heavy atom.